The van der Waals surface area contributed by atoms with Gasteiger partial charge >= 0.3 is 6.01 Å². The van der Waals surface area contributed by atoms with Crippen LogP contribution in [0.2, 0.25) is 0 Å². The van der Waals surface area contributed by atoms with Gasteiger partial charge in [-0.05, 0) is 26.8 Å². The fourth-order valence-electron chi connectivity index (χ4n) is 1.75. The van der Waals surface area contributed by atoms with Gasteiger partial charge in [-0.25, -0.2) is 4.98 Å². The molecule has 2 N–H and O–H groups in total. The molecular formula is C12H17N5O. The van der Waals surface area contributed by atoms with E-state index in [0.717, 1.165) is 22.8 Å². The first-order valence-corrected chi connectivity index (χ1v) is 5.74. The largest absolute Gasteiger partial charge is 0.420 e. The molecule has 18 heavy (non-hydrogen) atoms. The Hall–Kier alpha value is -1.95. The molecule has 0 aliphatic rings. The lowest BCUT2D eigenvalue weighted by molar-refractivity contribution is 0.431. The SMILES string of the molecule is Cc1cc(CN)nc(Oc2c(C)nn(C)c2C)n1. The van der Waals surface area contributed by atoms with Gasteiger partial charge in [-0.15, -0.1) is 0 Å². The van der Waals surface area contributed by atoms with Crippen molar-refractivity contribution in [3.8, 4) is 11.8 Å². The van der Waals surface area contributed by atoms with Crippen LogP contribution in [0.3, 0.4) is 0 Å². The molecule has 2 rings (SSSR count). The van der Waals surface area contributed by atoms with Crippen LogP contribution in [0.4, 0.5) is 0 Å². The number of ether oxygens (including phenoxy) is 1. The van der Waals surface area contributed by atoms with Gasteiger partial charge in [0.2, 0.25) is 0 Å². The number of aryl methyl sites for hydroxylation is 3. The van der Waals surface area contributed by atoms with Crippen LogP contribution >= 0.6 is 0 Å². The summed E-state index contributed by atoms with van der Waals surface area (Å²) in [4.78, 5) is 8.49. The Balaban J connectivity index is 2.36. The highest BCUT2D eigenvalue weighted by Gasteiger charge is 2.13. The van der Waals surface area contributed by atoms with E-state index in [1.54, 1.807) is 4.68 Å². The van der Waals surface area contributed by atoms with Crippen LogP contribution < -0.4 is 10.5 Å². The molecule has 0 spiro atoms. The van der Waals surface area contributed by atoms with Gasteiger partial charge in [0, 0.05) is 19.3 Å². The number of hydrogen-bond donors (Lipinski definition) is 1. The van der Waals surface area contributed by atoms with Crippen molar-refractivity contribution >= 4 is 0 Å². The van der Waals surface area contributed by atoms with E-state index in [-0.39, 0.29) is 0 Å². The summed E-state index contributed by atoms with van der Waals surface area (Å²) in [6, 6.07) is 2.16. The quantitative estimate of drug-likeness (QED) is 0.886. The van der Waals surface area contributed by atoms with E-state index < -0.39 is 0 Å². The first-order chi connectivity index (χ1) is 8.51. The van der Waals surface area contributed by atoms with E-state index in [0.29, 0.717) is 18.3 Å². The number of aromatic nitrogens is 4. The highest BCUT2D eigenvalue weighted by Crippen LogP contribution is 2.25. The van der Waals surface area contributed by atoms with Gasteiger partial charge in [-0.1, -0.05) is 0 Å². The maximum Gasteiger partial charge on any atom is 0.322 e. The minimum Gasteiger partial charge on any atom is -0.420 e. The van der Waals surface area contributed by atoms with Crippen LogP contribution in [0, 0.1) is 20.8 Å². The Kier molecular flexibility index (Phi) is 3.29. The van der Waals surface area contributed by atoms with Crippen molar-refractivity contribution in [1.29, 1.82) is 0 Å². The maximum absolute atomic E-state index is 5.72. The van der Waals surface area contributed by atoms with E-state index in [2.05, 4.69) is 15.1 Å². The molecule has 0 aliphatic heterocycles. The van der Waals surface area contributed by atoms with Crippen LogP contribution in [0.5, 0.6) is 11.8 Å². The van der Waals surface area contributed by atoms with Gasteiger partial charge in [0.1, 0.15) is 5.69 Å². The van der Waals surface area contributed by atoms with Crippen LogP contribution in [-0.2, 0) is 13.6 Å². The van der Waals surface area contributed by atoms with Crippen molar-refractivity contribution in [1.82, 2.24) is 19.7 Å². The third-order valence-corrected chi connectivity index (χ3v) is 2.73. The Bertz CT molecular complexity index is 576. The van der Waals surface area contributed by atoms with E-state index in [4.69, 9.17) is 10.5 Å². The highest BCUT2D eigenvalue weighted by molar-refractivity contribution is 5.34. The molecule has 0 atom stereocenters. The molecule has 2 heterocycles. The third-order valence-electron chi connectivity index (χ3n) is 2.73. The summed E-state index contributed by atoms with van der Waals surface area (Å²) in [5.41, 5.74) is 8.93. The Labute approximate surface area is 106 Å². The van der Waals surface area contributed by atoms with Crippen LogP contribution in [0.15, 0.2) is 6.07 Å². The minimum absolute atomic E-state index is 0.314. The zero-order valence-electron chi connectivity index (χ0n) is 11.1. The lowest BCUT2D eigenvalue weighted by Crippen LogP contribution is -2.04. The minimum atomic E-state index is 0.314. The fraction of sp³-hybridized carbons (Fsp3) is 0.417. The predicted molar refractivity (Wildman–Crippen MR) is 67.4 cm³/mol. The molecular weight excluding hydrogens is 230 g/mol. The Morgan fingerprint density at radius 3 is 2.56 bits per heavy atom. The zero-order chi connectivity index (χ0) is 13.3. The van der Waals surface area contributed by atoms with E-state index in [9.17, 15) is 0 Å². The van der Waals surface area contributed by atoms with Crippen molar-refractivity contribution in [2.75, 3.05) is 0 Å². The van der Waals surface area contributed by atoms with Gasteiger partial charge in [-0.2, -0.15) is 10.1 Å². The first kappa shape index (κ1) is 12.5. The smallest absolute Gasteiger partial charge is 0.322 e. The third kappa shape index (κ3) is 2.33. The van der Waals surface area contributed by atoms with E-state index in [1.165, 1.54) is 0 Å². The average Bonchev–Trinajstić information content (AvgIpc) is 2.55. The molecule has 0 fully saturated rings. The molecule has 0 amide bonds. The van der Waals surface area contributed by atoms with E-state index >= 15 is 0 Å². The second kappa shape index (κ2) is 4.73. The fourth-order valence-corrected chi connectivity index (χ4v) is 1.75. The molecule has 6 nitrogen and oxygen atoms in total. The van der Waals surface area contributed by atoms with Crippen LogP contribution in [0.25, 0.3) is 0 Å². The second-order valence-corrected chi connectivity index (χ2v) is 4.21. The summed E-state index contributed by atoms with van der Waals surface area (Å²) in [6.07, 6.45) is 0. The highest BCUT2D eigenvalue weighted by atomic mass is 16.5. The molecule has 0 saturated heterocycles. The molecule has 0 radical (unpaired) electrons. The summed E-state index contributed by atoms with van der Waals surface area (Å²) in [5.74, 6) is 0.700. The Morgan fingerprint density at radius 2 is 2.00 bits per heavy atom. The number of rotatable bonds is 3. The molecule has 6 heteroatoms. The van der Waals surface area contributed by atoms with Gasteiger partial charge in [-0.3, -0.25) is 4.68 Å². The van der Waals surface area contributed by atoms with Gasteiger partial charge < -0.3 is 10.5 Å². The van der Waals surface area contributed by atoms with Gasteiger partial charge in [0.15, 0.2) is 5.75 Å². The molecule has 0 unspecified atom stereocenters. The number of hydrogen-bond acceptors (Lipinski definition) is 5. The summed E-state index contributed by atoms with van der Waals surface area (Å²) < 4.78 is 7.49. The molecule has 0 bridgehead atoms. The summed E-state index contributed by atoms with van der Waals surface area (Å²) in [5, 5.41) is 4.28. The van der Waals surface area contributed by atoms with Crippen molar-refractivity contribution < 1.29 is 4.74 Å². The summed E-state index contributed by atoms with van der Waals surface area (Å²) >= 11 is 0. The molecule has 0 saturated carbocycles. The molecule has 0 aromatic carbocycles. The molecule has 96 valence electrons. The monoisotopic (exact) mass is 247 g/mol. The molecule has 2 aromatic heterocycles. The van der Waals surface area contributed by atoms with E-state index in [1.807, 2.05) is 33.9 Å². The maximum atomic E-state index is 5.72. The zero-order valence-corrected chi connectivity index (χ0v) is 11.1. The lowest BCUT2D eigenvalue weighted by Gasteiger charge is -2.06. The van der Waals surface area contributed by atoms with Gasteiger partial charge in [0.25, 0.3) is 0 Å². The lowest BCUT2D eigenvalue weighted by atomic mass is 10.3. The predicted octanol–water partition coefficient (Wildman–Crippen LogP) is 1.39. The van der Waals surface area contributed by atoms with Crippen molar-refractivity contribution in [3.63, 3.8) is 0 Å². The average molecular weight is 247 g/mol. The first-order valence-electron chi connectivity index (χ1n) is 5.74. The summed E-state index contributed by atoms with van der Waals surface area (Å²) in [7, 11) is 1.87. The number of nitrogens with zero attached hydrogens (tertiary/aromatic N) is 4. The second-order valence-electron chi connectivity index (χ2n) is 4.21. The van der Waals surface area contributed by atoms with Crippen molar-refractivity contribution in [2.45, 2.75) is 27.3 Å². The van der Waals surface area contributed by atoms with Crippen LogP contribution in [-0.4, -0.2) is 19.7 Å². The van der Waals surface area contributed by atoms with Gasteiger partial charge in [0.05, 0.1) is 11.4 Å². The Morgan fingerprint density at radius 1 is 1.28 bits per heavy atom. The van der Waals surface area contributed by atoms with Crippen LogP contribution in [0.1, 0.15) is 22.8 Å². The summed E-state index contributed by atoms with van der Waals surface area (Å²) in [6.45, 7) is 6.08. The topological polar surface area (TPSA) is 78.9 Å². The van der Waals surface area contributed by atoms with Crippen molar-refractivity contribution in [2.24, 2.45) is 12.8 Å². The molecule has 2 aromatic rings. The number of nitrogens with two attached hydrogens (primary N) is 1. The standard InChI is InChI=1S/C12H17N5O/c1-7-5-10(6-13)15-12(14-7)18-11-8(2)16-17(4)9(11)3/h5H,6,13H2,1-4H3. The molecule has 0 aliphatic carbocycles. The normalized spacial score (nSPS) is 10.7. The van der Waals surface area contributed by atoms with Crippen molar-refractivity contribution in [3.05, 3.63) is 28.8 Å².